The Bertz CT molecular complexity index is 1040. The van der Waals surface area contributed by atoms with Gasteiger partial charge in [-0.3, -0.25) is 9.36 Å². The number of amides is 1. The highest BCUT2D eigenvalue weighted by Crippen LogP contribution is 2.20. The van der Waals surface area contributed by atoms with Crippen LogP contribution >= 0.6 is 0 Å². The Morgan fingerprint density at radius 2 is 2.00 bits per heavy atom. The van der Waals surface area contributed by atoms with Crippen LogP contribution in [0.3, 0.4) is 0 Å². The zero-order valence-corrected chi connectivity index (χ0v) is 16.6. The molecular weight excluding hydrogens is 368 g/mol. The SMILES string of the molecule is COc1ccc(NC2CCCN(C(=O)CCn3c(=O)[nH]c4ccccc43)C2)cc1. The quantitative estimate of drug-likeness (QED) is 0.674. The number of fused-ring (bicyclic) bond motifs is 1. The molecule has 1 unspecified atom stereocenters. The van der Waals surface area contributed by atoms with Gasteiger partial charge < -0.3 is 19.9 Å². The van der Waals surface area contributed by atoms with Gasteiger partial charge in [-0.05, 0) is 49.2 Å². The van der Waals surface area contributed by atoms with Gasteiger partial charge in [-0.15, -0.1) is 0 Å². The van der Waals surface area contributed by atoms with Gasteiger partial charge in [-0.2, -0.15) is 0 Å². The van der Waals surface area contributed by atoms with E-state index in [0.29, 0.717) is 19.5 Å². The van der Waals surface area contributed by atoms with E-state index in [1.165, 1.54) is 0 Å². The standard InChI is InChI=1S/C22H26N4O3/c1-29-18-10-8-16(9-11-18)23-17-5-4-13-25(15-17)21(27)12-14-26-20-7-3-2-6-19(20)24-22(26)28/h2-3,6-11,17,23H,4-5,12-15H2,1H3,(H,24,28). The first-order chi connectivity index (χ1) is 14.1. The van der Waals surface area contributed by atoms with Gasteiger partial charge in [-0.25, -0.2) is 4.79 Å². The van der Waals surface area contributed by atoms with Crippen molar-refractivity contribution in [3.05, 3.63) is 59.0 Å². The number of para-hydroxylation sites is 2. The van der Waals surface area contributed by atoms with E-state index in [2.05, 4.69) is 10.3 Å². The maximum absolute atomic E-state index is 12.8. The molecule has 1 aliphatic heterocycles. The fourth-order valence-electron chi connectivity index (χ4n) is 3.94. The van der Waals surface area contributed by atoms with Crippen LogP contribution in [-0.4, -0.2) is 46.6 Å². The summed E-state index contributed by atoms with van der Waals surface area (Å²) in [5.74, 6) is 0.909. The molecule has 2 N–H and O–H groups in total. The molecule has 1 fully saturated rings. The lowest BCUT2D eigenvalue weighted by atomic mass is 10.0. The number of methoxy groups -OCH3 is 1. The van der Waals surface area contributed by atoms with Crippen molar-refractivity contribution >= 4 is 22.6 Å². The van der Waals surface area contributed by atoms with E-state index < -0.39 is 0 Å². The molecule has 1 saturated heterocycles. The number of rotatable bonds is 6. The van der Waals surface area contributed by atoms with Crippen molar-refractivity contribution in [2.24, 2.45) is 0 Å². The number of aromatic nitrogens is 2. The Morgan fingerprint density at radius 1 is 1.21 bits per heavy atom. The molecule has 0 radical (unpaired) electrons. The molecule has 152 valence electrons. The molecule has 4 rings (SSSR count). The highest BCUT2D eigenvalue weighted by molar-refractivity contribution is 5.77. The normalized spacial score (nSPS) is 16.7. The van der Waals surface area contributed by atoms with Crippen LogP contribution in [0.1, 0.15) is 19.3 Å². The van der Waals surface area contributed by atoms with Crippen LogP contribution in [-0.2, 0) is 11.3 Å². The highest BCUT2D eigenvalue weighted by atomic mass is 16.5. The number of imidazole rings is 1. The number of aryl methyl sites for hydroxylation is 1. The van der Waals surface area contributed by atoms with Crippen molar-refractivity contribution in [2.75, 3.05) is 25.5 Å². The molecule has 1 atom stereocenters. The number of hydrogen-bond acceptors (Lipinski definition) is 4. The topological polar surface area (TPSA) is 79.4 Å². The van der Waals surface area contributed by atoms with Crippen molar-refractivity contribution in [3.63, 3.8) is 0 Å². The number of nitrogens with one attached hydrogen (secondary N) is 2. The average molecular weight is 394 g/mol. The second-order valence-electron chi connectivity index (χ2n) is 7.40. The van der Waals surface area contributed by atoms with E-state index in [-0.39, 0.29) is 17.6 Å². The smallest absolute Gasteiger partial charge is 0.326 e. The van der Waals surface area contributed by atoms with Gasteiger partial charge in [-0.1, -0.05) is 12.1 Å². The van der Waals surface area contributed by atoms with Crippen molar-refractivity contribution < 1.29 is 9.53 Å². The van der Waals surface area contributed by atoms with Crippen LogP contribution in [0.4, 0.5) is 5.69 Å². The summed E-state index contributed by atoms with van der Waals surface area (Å²) in [5, 5.41) is 3.51. The highest BCUT2D eigenvalue weighted by Gasteiger charge is 2.23. The van der Waals surface area contributed by atoms with Gasteiger partial charge in [0.25, 0.3) is 0 Å². The Hall–Kier alpha value is -3.22. The molecule has 0 spiro atoms. The summed E-state index contributed by atoms with van der Waals surface area (Å²) < 4.78 is 6.84. The number of benzene rings is 2. The minimum Gasteiger partial charge on any atom is -0.497 e. The maximum Gasteiger partial charge on any atom is 0.326 e. The molecule has 7 heteroatoms. The molecule has 7 nitrogen and oxygen atoms in total. The summed E-state index contributed by atoms with van der Waals surface area (Å²) in [6, 6.07) is 15.6. The first-order valence-corrected chi connectivity index (χ1v) is 10.00. The summed E-state index contributed by atoms with van der Waals surface area (Å²) in [5.41, 5.74) is 2.49. The largest absolute Gasteiger partial charge is 0.497 e. The summed E-state index contributed by atoms with van der Waals surface area (Å²) in [6.07, 6.45) is 2.31. The van der Waals surface area contributed by atoms with Crippen LogP contribution in [0.25, 0.3) is 11.0 Å². The number of anilines is 1. The number of H-pyrrole nitrogens is 1. The molecule has 29 heavy (non-hydrogen) atoms. The summed E-state index contributed by atoms with van der Waals surface area (Å²) in [4.78, 5) is 29.7. The van der Waals surface area contributed by atoms with Crippen LogP contribution in [0.2, 0.25) is 0 Å². The number of ether oxygens (including phenoxy) is 1. The van der Waals surface area contributed by atoms with Crippen molar-refractivity contribution in [3.8, 4) is 5.75 Å². The number of aromatic amines is 1. The monoisotopic (exact) mass is 394 g/mol. The van der Waals surface area contributed by atoms with Gasteiger partial charge >= 0.3 is 5.69 Å². The number of nitrogens with zero attached hydrogens (tertiary/aromatic N) is 2. The minimum absolute atomic E-state index is 0.0865. The molecule has 3 aromatic rings. The second-order valence-corrected chi connectivity index (χ2v) is 7.40. The molecule has 1 aromatic heterocycles. The summed E-state index contributed by atoms with van der Waals surface area (Å²) in [7, 11) is 1.65. The average Bonchev–Trinajstić information content (AvgIpc) is 3.07. The number of hydrogen-bond donors (Lipinski definition) is 2. The molecular formula is C22H26N4O3. The minimum atomic E-state index is -0.170. The van der Waals surface area contributed by atoms with E-state index in [4.69, 9.17) is 4.74 Å². The zero-order valence-electron chi connectivity index (χ0n) is 16.6. The molecule has 2 heterocycles. The van der Waals surface area contributed by atoms with E-state index in [0.717, 1.165) is 41.9 Å². The maximum atomic E-state index is 12.8. The van der Waals surface area contributed by atoms with E-state index in [1.54, 1.807) is 11.7 Å². The van der Waals surface area contributed by atoms with E-state index >= 15 is 0 Å². The van der Waals surface area contributed by atoms with Crippen molar-refractivity contribution in [1.82, 2.24) is 14.5 Å². The Labute approximate surface area is 169 Å². The van der Waals surface area contributed by atoms with Gasteiger partial charge in [0, 0.05) is 37.8 Å². The lowest BCUT2D eigenvalue weighted by Gasteiger charge is -2.34. The van der Waals surface area contributed by atoms with Crippen molar-refractivity contribution in [2.45, 2.75) is 31.8 Å². The van der Waals surface area contributed by atoms with Gasteiger partial charge in [0.1, 0.15) is 5.75 Å². The lowest BCUT2D eigenvalue weighted by Crippen LogP contribution is -2.45. The molecule has 0 aliphatic carbocycles. The lowest BCUT2D eigenvalue weighted by molar-refractivity contribution is -0.132. The van der Waals surface area contributed by atoms with Gasteiger partial charge in [0.05, 0.1) is 18.1 Å². The summed E-state index contributed by atoms with van der Waals surface area (Å²) >= 11 is 0. The van der Waals surface area contributed by atoms with E-state index in [9.17, 15) is 9.59 Å². The van der Waals surface area contributed by atoms with Crippen LogP contribution < -0.4 is 15.7 Å². The molecule has 0 bridgehead atoms. The fourth-order valence-corrected chi connectivity index (χ4v) is 3.94. The van der Waals surface area contributed by atoms with Gasteiger partial charge in [0.2, 0.25) is 5.91 Å². The predicted octanol–water partition coefficient (Wildman–Crippen LogP) is 2.83. The van der Waals surface area contributed by atoms with Crippen LogP contribution in [0.15, 0.2) is 53.3 Å². The van der Waals surface area contributed by atoms with Crippen LogP contribution in [0.5, 0.6) is 5.75 Å². The fraction of sp³-hybridized carbons (Fsp3) is 0.364. The Kier molecular flexibility index (Phi) is 5.55. The Morgan fingerprint density at radius 3 is 2.79 bits per heavy atom. The summed E-state index contributed by atoms with van der Waals surface area (Å²) in [6.45, 7) is 1.82. The van der Waals surface area contributed by atoms with Crippen molar-refractivity contribution in [1.29, 1.82) is 0 Å². The van der Waals surface area contributed by atoms with E-state index in [1.807, 2.05) is 53.4 Å². The molecule has 1 aliphatic rings. The second kappa shape index (κ2) is 8.43. The molecule has 1 amide bonds. The zero-order chi connectivity index (χ0) is 20.2. The Balaban J connectivity index is 1.35. The first-order valence-electron chi connectivity index (χ1n) is 10.00. The third-order valence-corrected chi connectivity index (χ3v) is 5.47. The van der Waals surface area contributed by atoms with Crippen LogP contribution in [0, 0.1) is 0 Å². The third-order valence-electron chi connectivity index (χ3n) is 5.47. The van der Waals surface area contributed by atoms with Gasteiger partial charge in [0.15, 0.2) is 0 Å². The first kappa shape index (κ1) is 19.1. The predicted molar refractivity (Wildman–Crippen MR) is 113 cm³/mol. The number of carbonyl (C=O) groups is 1. The third kappa shape index (κ3) is 4.29. The number of likely N-dealkylation sites (tertiary alicyclic amines) is 1. The number of carbonyl (C=O) groups excluding carboxylic acids is 1. The molecule has 2 aromatic carbocycles. The number of piperidine rings is 1. The molecule has 0 saturated carbocycles.